The Hall–Kier alpha value is -1.92. The van der Waals surface area contributed by atoms with Crippen molar-refractivity contribution >= 4 is 27.5 Å². The minimum Gasteiger partial charge on any atom is -0.497 e. The van der Waals surface area contributed by atoms with E-state index in [-0.39, 0.29) is 10.2 Å². The van der Waals surface area contributed by atoms with Crippen molar-refractivity contribution in [2.24, 2.45) is 0 Å². The molecule has 0 aliphatic rings. The van der Waals surface area contributed by atoms with Crippen molar-refractivity contribution in [3.05, 3.63) is 52.8 Å². The summed E-state index contributed by atoms with van der Waals surface area (Å²) >= 11 is 5.85. The molecular weight excluding hydrogens is 300 g/mol. The molecule has 0 N–H and O–H groups in total. The van der Waals surface area contributed by atoms with Crippen LogP contribution in [0.15, 0.2) is 47.1 Å². The van der Waals surface area contributed by atoms with E-state index in [9.17, 15) is 8.42 Å². The lowest BCUT2D eigenvalue weighted by molar-refractivity contribution is 0.412. The fourth-order valence-electron chi connectivity index (χ4n) is 1.43. The highest BCUT2D eigenvalue weighted by Crippen LogP contribution is 2.19. The lowest BCUT2D eigenvalue weighted by Gasteiger charge is -2.02. The van der Waals surface area contributed by atoms with E-state index < -0.39 is 9.84 Å². The third kappa shape index (κ3) is 3.34. The van der Waals surface area contributed by atoms with Gasteiger partial charge in [0.2, 0.25) is 9.84 Å². The van der Waals surface area contributed by atoms with E-state index in [0.717, 1.165) is 5.41 Å². The molecule has 0 fully saturated rings. The van der Waals surface area contributed by atoms with E-state index in [1.165, 1.54) is 31.6 Å². The molecule has 0 aliphatic heterocycles. The molecule has 0 bridgehead atoms. The maximum atomic E-state index is 12.1. The normalized spacial score (nSPS) is 11.7. The molecule has 5 nitrogen and oxygen atoms in total. The number of aromatic nitrogens is 2. The van der Waals surface area contributed by atoms with Crippen molar-refractivity contribution in [2.45, 2.75) is 5.03 Å². The molecule has 0 aliphatic carbocycles. The van der Waals surface area contributed by atoms with Gasteiger partial charge >= 0.3 is 0 Å². The highest BCUT2D eigenvalue weighted by atomic mass is 35.5. The van der Waals surface area contributed by atoms with Crippen LogP contribution in [0, 0.1) is 0 Å². The van der Waals surface area contributed by atoms with Gasteiger partial charge in [-0.3, -0.25) is 0 Å². The van der Waals surface area contributed by atoms with E-state index in [4.69, 9.17) is 16.3 Å². The van der Waals surface area contributed by atoms with E-state index in [0.29, 0.717) is 11.3 Å². The summed E-state index contributed by atoms with van der Waals surface area (Å²) < 4.78 is 29.2. The van der Waals surface area contributed by atoms with Gasteiger partial charge < -0.3 is 4.74 Å². The number of halogens is 1. The Balaban J connectivity index is 2.34. The molecule has 0 unspecified atom stereocenters. The predicted molar refractivity (Wildman–Crippen MR) is 76.3 cm³/mol. The largest absolute Gasteiger partial charge is 0.497 e. The maximum Gasteiger partial charge on any atom is 0.217 e. The molecule has 0 aromatic carbocycles. The quantitative estimate of drug-likeness (QED) is 0.812. The molecule has 0 radical (unpaired) electrons. The Morgan fingerprint density at radius 1 is 1.25 bits per heavy atom. The van der Waals surface area contributed by atoms with Crippen molar-refractivity contribution in [3.63, 3.8) is 0 Å². The summed E-state index contributed by atoms with van der Waals surface area (Å²) in [6.07, 6.45) is 4.28. The summed E-state index contributed by atoms with van der Waals surface area (Å²) in [6.45, 7) is 0. The summed E-state index contributed by atoms with van der Waals surface area (Å²) in [7, 11) is -2.21. The summed E-state index contributed by atoms with van der Waals surface area (Å²) in [4.78, 5) is 7.69. The second-order valence-corrected chi connectivity index (χ2v) is 5.90. The van der Waals surface area contributed by atoms with Crippen LogP contribution in [0.5, 0.6) is 5.75 Å². The lowest BCUT2D eigenvalue weighted by Crippen LogP contribution is -2.00. The highest BCUT2D eigenvalue weighted by Gasteiger charge is 2.13. The van der Waals surface area contributed by atoms with Crippen molar-refractivity contribution in [1.82, 2.24) is 9.97 Å². The van der Waals surface area contributed by atoms with Gasteiger partial charge in [0.05, 0.1) is 7.11 Å². The summed E-state index contributed by atoms with van der Waals surface area (Å²) in [5.74, 6) is 0.423. The lowest BCUT2D eigenvalue weighted by atomic mass is 10.3. The van der Waals surface area contributed by atoms with Gasteiger partial charge in [-0.05, 0) is 18.2 Å². The van der Waals surface area contributed by atoms with Crippen molar-refractivity contribution in [3.8, 4) is 5.75 Å². The van der Waals surface area contributed by atoms with Crippen LogP contribution < -0.4 is 4.74 Å². The van der Waals surface area contributed by atoms with Crippen LogP contribution in [0.1, 0.15) is 5.56 Å². The Bertz CT molecular complexity index is 745. The first kappa shape index (κ1) is 14.5. The first-order valence-corrected chi connectivity index (χ1v) is 7.49. The number of hydrogen-bond acceptors (Lipinski definition) is 5. The van der Waals surface area contributed by atoms with Crippen LogP contribution in [0.2, 0.25) is 5.15 Å². The minimum absolute atomic E-state index is 0.0897. The molecule has 20 heavy (non-hydrogen) atoms. The zero-order valence-corrected chi connectivity index (χ0v) is 12.1. The third-order valence-corrected chi connectivity index (χ3v) is 4.06. The molecule has 2 aromatic rings. The van der Waals surface area contributed by atoms with Gasteiger partial charge in [-0.15, -0.1) is 0 Å². The Morgan fingerprint density at radius 3 is 2.75 bits per heavy atom. The maximum absolute atomic E-state index is 12.1. The standard InChI is InChI=1S/C13H11ClN2O3S/c1-19-11-4-7-15-12(9-11)20(17,18)8-5-10-3-2-6-16-13(10)14/h2-9H,1H3/b8-5+. The van der Waals surface area contributed by atoms with Crippen LogP contribution >= 0.6 is 11.6 Å². The number of methoxy groups -OCH3 is 1. The van der Waals surface area contributed by atoms with E-state index >= 15 is 0 Å². The van der Waals surface area contributed by atoms with Gasteiger partial charge in [-0.25, -0.2) is 18.4 Å². The van der Waals surface area contributed by atoms with Crippen LogP contribution in [0.25, 0.3) is 6.08 Å². The number of pyridine rings is 2. The first-order chi connectivity index (χ1) is 9.53. The average molecular weight is 311 g/mol. The second kappa shape index (κ2) is 6.02. The number of sulfone groups is 1. The molecule has 0 amide bonds. The molecule has 104 valence electrons. The van der Waals surface area contributed by atoms with Crippen LogP contribution in [-0.2, 0) is 9.84 Å². The fourth-order valence-corrected chi connectivity index (χ4v) is 2.56. The zero-order chi connectivity index (χ0) is 14.6. The average Bonchev–Trinajstić information content (AvgIpc) is 2.46. The number of ether oxygens (including phenoxy) is 1. The first-order valence-electron chi connectivity index (χ1n) is 5.56. The van der Waals surface area contributed by atoms with Gasteiger partial charge in [-0.1, -0.05) is 17.7 Å². The van der Waals surface area contributed by atoms with Gasteiger partial charge in [-0.2, -0.15) is 0 Å². The van der Waals surface area contributed by atoms with E-state index in [1.54, 1.807) is 18.2 Å². The minimum atomic E-state index is -3.67. The fraction of sp³-hybridized carbons (Fsp3) is 0.0769. The summed E-state index contributed by atoms with van der Waals surface area (Å²) in [5, 5.41) is 1.18. The SMILES string of the molecule is COc1ccnc(S(=O)(=O)/C=C/c2cccnc2Cl)c1. The van der Waals surface area contributed by atoms with Gasteiger partial charge in [0, 0.05) is 29.4 Å². The molecule has 0 saturated heterocycles. The predicted octanol–water partition coefficient (Wildman–Crippen LogP) is 2.58. The van der Waals surface area contributed by atoms with Gasteiger partial charge in [0.1, 0.15) is 10.9 Å². The Morgan fingerprint density at radius 2 is 2.05 bits per heavy atom. The molecular formula is C13H11ClN2O3S. The van der Waals surface area contributed by atoms with Crippen LogP contribution in [-0.4, -0.2) is 25.5 Å². The molecule has 0 atom stereocenters. The van der Waals surface area contributed by atoms with Crippen LogP contribution in [0.3, 0.4) is 0 Å². The zero-order valence-electron chi connectivity index (χ0n) is 10.5. The molecule has 0 spiro atoms. The number of nitrogens with zero attached hydrogens (tertiary/aromatic N) is 2. The Kier molecular flexibility index (Phi) is 4.36. The monoisotopic (exact) mass is 310 g/mol. The molecule has 7 heteroatoms. The summed E-state index contributed by atoms with van der Waals surface area (Å²) in [6, 6.07) is 6.26. The van der Waals surface area contributed by atoms with Crippen molar-refractivity contribution in [1.29, 1.82) is 0 Å². The topological polar surface area (TPSA) is 69.2 Å². The molecule has 0 saturated carbocycles. The summed E-state index contributed by atoms with van der Waals surface area (Å²) in [5.41, 5.74) is 0.514. The van der Waals surface area contributed by atoms with E-state index in [1.807, 2.05) is 0 Å². The van der Waals surface area contributed by atoms with Crippen molar-refractivity contribution in [2.75, 3.05) is 7.11 Å². The second-order valence-electron chi connectivity index (χ2n) is 3.77. The smallest absolute Gasteiger partial charge is 0.217 e. The Labute approximate surface area is 121 Å². The number of rotatable bonds is 4. The van der Waals surface area contributed by atoms with Crippen LogP contribution in [0.4, 0.5) is 0 Å². The third-order valence-electron chi connectivity index (χ3n) is 2.45. The highest BCUT2D eigenvalue weighted by molar-refractivity contribution is 7.94. The van der Waals surface area contributed by atoms with Gasteiger partial charge in [0.15, 0.2) is 5.03 Å². The molecule has 2 aromatic heterocycles. The number of hydrogen-bond donors (Lipinski definition) is 0. The molecule has 2 heterocycles. The van der Waals surface area contributed by atoms with E-state index in [2.05, 4.69) is 9.97 Å². The van der Waals surface area contributed by atoms with Crippen molar-refractivity contribution < 1.29 is 13.2 Å². The van der Waals surface area contributed by atoms with Gasteiger partial charge in [0.25, 0.3) is 0 Å². The molecule has 2 rings (SSSR count).